The Balaban J connectivity index is 1.29. The summed E-state index contributed by atoms with van der Waals surface area (Å²) >= 11 is 6.36. The van der Waals surface area contributed by atoms with Gasteiger partial charge in [-0.2, -0.15) is 0 Å². The van der Waals surface area contributed by atoms with Crippen LogP contribution >= 0.6 is 11.6 Å². The number of hydrogen-bond donors (Lipinski definition) is 1. The first-order chi connectivity index (χ1) is 17.0. The van der Waals surface area contributed by atoms with Crippen LogP contribution in [0.5, 0.6) is 0 Å². The molecule has 0 spiro atoms. The number of likely N-dealkylation sites (tertiary alicyclic amines) is 1. The van der Waals surface area contributed by atoms with E-state index < -0.39 is 0 Å². The third-order valence-corrected chi connectivity index (χ3v) is 7.25. The van der Waals surface area contributed by atoms with E-state index >= 15 is 0 Å². The second kappa shape index (κ2) is 10.3. The van der Waals surface area contributed by atoms with Crippen LogP contribution in [0.2, 0.25) is 5.02 Å². The standard InChI is InChI=1S/C30H32ClN3O/c1-21(2)30(35)32-26-8-6-7-23(17-26)22-13-15-33(16-14-22)19-24-20-34(27-9-4-3-5-10-27)29-18-25(31)11-12-28(24)29/h3-12,17-18,20-22H,13-16,19H2,1-2H3,(H,32,35). The van der Waals surface area contributed by atoms with Crippen LogP contribution in [0.1, 0.15) is 43.7 Å². The summed E-state index contributed by atoms with van der Waals surface area (Å²) in [5.74, 6) is 0.560. The molecule has 0 radical (unpaired) electrons. The number of nitrogens with one attached hydrogen (secondary N) is 1. The molecule has 0 aliphatic carbocycles. The number of piperidine rings is 1. The molecule has 3 aromatic carbocycles. The van der Waals surface area contributed by atoms with E-state index in [4.69, 9.17) is 11.6 Å². The number of carbonyl (C=O) groups is 1. The van der Waals surface area contributed by atoms with Crippen LogP contribution in [0, 0.1) is 5.92 Å². The molecule has 4 nitrogen and oxygen atoms in total. The van der Waals surface area contributed by atoms with E-state index in [2.05, 4.69) is 75.6 Å². The number of nitrogens with zero attached hydrogens (tertiary/aromatic N) is 2. The lowest BCUT2D eigenvalue weighted by molar-refractivity contribution is -0.118. The van der Waals surface area contributed by atoms with Gasteiger partial charge in [0.25, 0.3) is 0 Å². The van der Waals surface area contributed by atoms with Crippen molar-refractivity contribution in [3.8, 4) is 5.69 Å². The third-order valence-electron chi connectivity index (χ3n) is 7.02. The lowest BCUT2D eigenvalue weighted by Gasteiger charge is -2.32. The number of fused-ring (bicyclic) bond motifs is 1. The molecule has 1 N–H and O–H groups in total. The van der Waals surface area contributed by atoms with E-state index in [1.807, 2.05) is 32.0 Å². The van der Waals surface area contributed by atoms with E-state index in [1.165, 1.54) is 16.5 Å². The lowest BCUT2D eigenvalue weighted by Crippen LogP contribution is -2.32. The van der Waals surface area contributed by atoms with Crippen molar-refractivity contribution < 1.29 is 4.79 Å². The van der Waals surface area contributed by atoms with Crippen LogP contribution < -0.4 is 5.32 Å². The monoisotopic (exact) mass is 485 g/mol. The molecule has 4 aromatic rings. The van der Waals surface area contributed by atoms with Gasteiger partial charge in [0.1, 0.15) is 0 Å². The molecule has 0 saturated carbocycles. The number of halogens is 1. The van der Waals surface area contributed by atoms with Crippen LogP contribution in [0.4, 0.5) is 5.69 Å². The van der Waals surface area contributed by atoms with Crippen molar-refractivity contribution in [1.82, 2.24) is 9.47 Å². The number of anilines is 1. The molecule has 1 amide bonds. The summed E-state index contributed by atoms with van der Waals surface area (Å²) in [6.07, 6.45) is 4.50. The molecular formula is C30H32ClN3O. The van der Waals surface area contributed by atoms with Crippen molar-refractivity contribution in [2.45, 2.75) is 39.2 Å². The van der Waals surface area contributed by atoms with Crippen molar-refractivity contribution in [3.05, 3.63) is 95.1 Å². The molecule has 0 bridgehead atoms. The molecule has 2 heterocycles. The van der Waals surface area contributed by atoms with Crippen LogP contribution in [-0.4, -0.2) is 28.5 Å². The van der Waals surface area contributed by atoms with Gasteiger partial charge in [-0.3, -0.25) is 9.69 Å². The zero-order chi connectivity index (χ0) is 24.4. The average Bonchev–Trinajstić information content (AvgIpc) is 3.22. The Hall–Kier alpha value is -3.08. The van der Waals surface area contributed by atoms with E-state index in [-0.39, 0.29) is 11.8 Å². The predicted octanol–water partition coefficient (Wildman–Crippen LogP) is 7.26. The summed E-state index contributed by atoms with van der Waals surface area (Å²) in [5.41, 5.74) is 5.85. The maximum atomic E-state index is 12.1. The van der Waals surface area contributed by atoms with Gasteiger partial charge in [-0.25, -0.2) is 0 Å². The fraction of sp³-hybridized carbons (Fsp3) is 0.300. The Morgan fingerprint density at radius 3 is 2.51 bits per heavy atom. The van der Waals surface area contributed by atoms with Crippen LogP contribution in [0.15, 0.2) is 79.0 Å². The van der Waals surface area contributed by atoms with E-state index in [1.54, 1.807) is 0 Å². The van der Waals surface area contributed by atoms with Crippen molar-refractivity contribution in [3.63, 3.8) is 0 Å². The number of amides is 1. The Morgan fingerprint density at radius 2 is 1.77 bits per heavy atom. The number of para-hydroxylation sites is 1. The smallest absolute Gasteiger partial charge is 0.226 e. The van der Waals surface area contributed by atoms with Gasteiger partial charge in [0, 0.05) is 40.4 Å². The van der Waals surface area contributed by atoms with Crippen molar-refractivity contribution in [2.75, 3.05) is 18.4 Å². The number of hydrogen-bond acceptors (Lipinski definition) is 2. The highest BCUT2D eigenvalue weighted by Gasteiger charge is 2.22. The maximum Gasteiger partial charge on any atom is 0.226 e. The molecule has 1 aliphatic heterocycles. The van der Waals surface area contributed by atoms with Crippen LogP contribution in [0.3, 0.4) is 0 Å². The van der Waals surface area contributed by atoms with Gasteiger partial charge in [0.2, 0.25) is 5.91 Å². The lowest BCUT2D eigenvalue weighted by atomic mass is 9.89. The largest absolute Gasteiger partial charge is 0.326 e. The molecule has 35 heavy (non-hydrogen) atoms. The Morgan fingerprint density at radius 1 is 1.00 bits per heavy atom. The first-order valence-corrected chi connectivity index (χ1v) is 12.8. The van der Waals surface area contributed by atoms with Gasteiger partial charge < -0.3 is 9.88 Å². The van der Waals surface area contributed by atoms with Gasteiger partial charge in [-0.05, 0) is 79.4 Å². The molecule has 0 unspecified atom stereocenters. The van der Waals surface area contributed by atoms with Gasteiger partial charge in [-0.15, -0.1) is 0 Å². The highest BCUT2D eigenvalue weighted by atomic mass is 35.5. The van der Waals surface area contributed by atoms with E-state index in [0.29, 0.717) is 5.92 Å². The number of rotatable bonds is 6. The van der Waals surface area contributed by atoms with Gasteiger partial charge in [0.05, 0.1) is 5.52 Å². The zero-order valence-corrected chi connectivity index (χ0v) is 21.1. The summed E-state index contributed by atoms with van der Waals surface area (Å²) in [6, 6.07) is 25.0. The topological polar surface area (TPSA) is 37.3 Å². The van der Waals surface area contributed by atoms with Gasteiger partial charge >= 0.3 is 0 Å². The molecule has 1 fully saturated rings. The molecule has 0 atom stereocenters. The number of benzene rings is 3. The van der Waals surface area contributed by atoms with Crippen molar-refractivity contribution in [2.24, 2.45) is 5.92 Å². The SMILES string of the molecule is CC(C)C(=O)Nc1cccc(C2CCN(Cc3cn(-c4ccccc4)c4cc(Cl)ccc34)CC2)c1. The highest BCUT2D eigenvalue weighted by molar-refractivity contribution is 6.31. The summed E-state index contributed by atoms with van der Waals surface area (Å²) in [7, 11) is 0. The quantitative estimate of drug-likeness (QED) is 0.312. The molecule has 1 aromatic heterocycles. The second-order valence-electron chi connectivity index (χ2n) is 9.84. The summed E-state index contributed by atoms with van der Waals surface area (Å²) in [4.78, 5) is 14.6. The third kappa shape index (κ3) is 5.29. The minimum atomic E-state index is -0.0224. The van der Waals surface area contributed by atoms with E-state index in [9.17, 15) is 4.79 Å². The molecule has 1 aliphatic rings. The molecular weight excluding hydrogens is 454 g/mol. The van der Waals surface area contributed by atoms with Crippen molar-refractivity contribution >= 4 is 34.1 Å². The molecule has 180 valence electrons. The van der Waals surface area contributed by atoms with E-state index in [0.717, 1.165) is 54.4 Å². The van der Waals surface area contributed by atoms with Gasteiger partial charge in [0.15, 0.2) is 0 Å². The summed E-state index contributed by atoms with van der Waals surface area (Å²) in [6.45, 7) is 6.87. The summed E-state index contributed by atoms with van der Waals surface area (Å²) < 4.78 is 2.25. The first-order valence-electron chi connectivity index (χ1n) is 12.5. The predicted molar refractivity (Wildman–Crippen MR) is 145 cm³/mol. The zero-order valence-electron chi connectivity index (χ0n) is 20.4. The Kier molecular flexibility index (Phi) is 6.94. The Bertz CT molecular complexity index is 1320. The van der Waals surface area contributed by atoms with Crippen LogP contribution in [0.25, 0.3) is 16.6 Å². The van der Waals surface area contributed by atoms with Crippen molar-refractivity contribution in [1.29, 1.82) is 0 Å². The second-order valence-corrected chi connectivity index (χ2v) is 10.3. The number of aromatic nitrogens is 1. The minimum absolute atomic E-state index is 0.0224. The maximum absolute atomic E-state index is 12.1. The fourth-order valence-electron chi connectivity index (χ4n) is 5.02. The molecule has 5 rings (SSSR count). The Labute approximate surface area is 212 Å². The first kappa shape index (κ1) is 23.7. The molecule has 1 saturated heterocycles. The van der Waals surface area contributed by atoms with Crippen LogP contribution in [-0.2, 0) is 11.3 Å². The molecule has 5 heteroatoms. The van der Waals surface area contributed by atoms with Gasteiger partial charge in [-0.1, -0.05) is 61.8 Å². The average molecular weight is 486 g/mol. The summed E-state index contributed by atoms with van der Waals surface area (Å²) in [5, 5.41) is 5.05. The number of carbonyl (C=O) groups excluding carboxylic acids is 1. The highest BCUT2D eigenvalue weighted by Crippen LogP contribution is 2.32. The minimum Gasteiger partial charge on any atom is -0.326 e. The fourth-order valence-corrected chi connectivity index (χ4v) is 5.19. The normalized spacial score (nSPS) is 15.1.